The van der Waals surface area contributed by atoms with Gasteiger partial charge >= 0.3 is 6.09 Å². The van der Waals surface area contributed by atoms with E-state index in [0.717, 1.165) is 5.56 Å². The van der Waals surface area contributed by atoms with Gasteiger partial charge in [0, 0.05) is 7.05 Å². The molecule has 5 heteroatoms. The second kappa shape index (κ2) is 6.33. The van der Waals surface area contributed by atoms with Crippen LogP contribution in [-0.4, -0.2) is 18.1 Å². The number of carbonyl (C=O) groups excluding carboxylic acids is 1. The molecule has 1 amide bonds. The zero-order valence-corrected chi connectivity index (χ0v) is 12.0. The summed E-state index contributed by atoms with van der Waals surface area (Å²) in [5.74, 6) is 0.535. The van der Waals surface area contributed by atoms with Crippen molar-refractivity contribution >= 4 is 27.8 Å². The van der Waals surface area contributed by atoms with Crippen LogP contribution >= 0.6 is 15.9 Å². The summed E-state index contributed by atoms with van der Waals surface area (Å²) >= 11 is 3.27. The number of anilines is 1. The van der Waals surface area contributed by atoms with Gasteiger partial charge in [0.25, 0.3) is 0 Å². The quantitative estimate of drug-likeness (QED) is 0.811. The number of benzene rings is 1. The minimum Gasteiger partial charge on any atom is -0.444 e. The van der Waals surface area contributed by atoms with Crippen LogP contribution in [0.3, 0.4) is 0 Å². The molecular formula is C14H13BrN2O2. The third-order valence-corrected chi connectivity index (χ3v) is 2.96. The number of nitrogens with zero attached hydrogens (tertiary/aromatic N) is 2. The Labute approximate surface area is 120 Å². The molecule has 2 aromatic rings. The lowest BCUT2D eigenvalue weighted by Crippen LogP contribution is -2.27. The van der Waals surface area contributed by atoms with E-state index in [-0.39, 0.29) is 6.61 Å². The number of hydrogen-bond acceptors (Lipinski definition) is 3. The second-order valence-electron chi connectivity index (χ2n) is 3.92. The maximum atomic E-state index is 11.9. The monoisotopic (exact) mass is 320 g/mol. The van der Waals surface area contributed by atoms with Gasteiger partial charge < -0.3 is 4.74 Å². The van der Waals surface area contributed by atoms with Gasteiger partial charge in [0.05, 0.1) is 0 Å². The fourth-order valence-corrected chi connectivity index (χ4v) is 1.83. The molecule has 0 bridgehead atoms. The number of aromatic nitrogens is 1. The molecular weight excluding hydrogens is 308 g/mol. The van der Waals surface area contributed by atoms with E-state index >= 15 is 0 Å². The molecule has 0 unspecified atom stereocenters. The molecule has 19 heavy (non-hydrogen) atoms. The summed E-state index contributed by atoms with van der Waals surface area (Å²) < 4.78 is 5.89. The molecule has 0 saturated carbocycles. The van der Waals surface area contributed by atoms with Crippen molar-refractivity contribution in [1.82, 2.24) is 4.98 Å². The fraction of sp³-hybridized carbons (Fsp3) is 0.143. The van der Waals surface area contributed by atoms with Crippen molar-refractivity contribution in [3.05, 3.63) is 58.7 Å². The van der Waals surface area contributed by atoms with Crippen molar-refractivity contribution in [2.45, 2.75) is 6.61 Å². The molecule has 98 valence electrons. The first-order chi connectivity index (χ1) is 9.16. The number of hydrogen-bond donors (Lipinski definition) is 0. The summed E-state index contributed by atoms with van der Waals surface area (Å²) in [6, 6.07) is 14.9. The molecule has 1 heterocycles. The number of carbonyl (C=O) groups is 1. The highest BCUT2D eigenvalue weighted by molar-refractivity contribution is 9.10. The highest BCUT2D eigenvalue weighted by Crippen LogP contribution is 2.14. The van der Waals surface area contributed by atoms with E-state index in [1.807, 2.05) is 36.4 Å². The van der Waals surface area contributed by atoms with Crippen LogP contribution in [0.2, 0.25) is 0 Å². The Kier molecular flexibility index (Phi) is 4.52. The van der Waals surface area contributed by atoms with Gasteiger partial charge in [-0.15, -0.1) is 0 Å². The van der Waals surface area contributed by atoms with E-state index in [1.165, 1.54) is 4.90 Å². The summed E-state index contributed by atoms with van der Waals surface area (Å²) in [7, 11) is 1.63. The molecule has 2 rings (SSSR count). The Hall–Kier alpha value is -1.88. The number of pyridine rings is 1. The van der Waals surface area contributed by atoms with E-state index in [0.29, 0.717) is 10.4 Å². The van der Waals surface area contributed by atoms with E-state index < -0.39 is 6.09 Å². The van der Waals surface area contributed by atoms with Crippen LogP contribution in [0.1, 0.15) is 5.56 Å². The van der Waals surface area contributed by atoms with Crippen molar-refractivity contribution in [3.63, 3.8) is 0 Å². The van der Waals surface area contributed by atoms with Gasteiger partial charge in [-0.2, -0.15) is 0 Å². The molecule has 0 atom stereocenters. The summed E-state index contributed by atoms with van der Waals surface area (Å²) in [5.41, 5.74) is 0.950. The second-order valence-corrected chi connectivity index (χ2v) is 4.73. The molecule has 0 aliphatic heterocycles. The van der Waals surface area contributed by atoms with Crippen molar-refractivity contribution < 1.29 is 9.53 Å². The summed E-state index contributed by atoms with van der Waals surface area (Å²) in [4.78, 5) is 17.4. The number of halogens is 1. The Balaban J connectivity index is 1.96. The van der Waals surface area contributed by atoms with Crippen LogP contribution in [0.4, 0.5) is 10.6 Å². The Morgan fingerprint density at radius 2 is 1.95 bits per heavy atom. The highest BCUT2D eigenvalue weighted by atomic mass is 79.9. The van der Waals surface area contributed by atoms with Gasteiger partial charge in [-0.05, 0) is 33.6 Å². The standard InChI is InChI=1S/C14H13BrN2O2/c1-17(13-9-5-8-12(15)16-13)14(18)19-10-11-6-3-2-4-7-11/h2-9H,10H2,1H3. The Morgan fingerprint density at radius 3 is 2.63 bits per heavy atom. The molecule has 0 radical (unpaired) electrons. The van der Waals surface area contributed by atoms with E-state index in [9.17, 15) is 4.79 Å². The third-order valence-electron chi connectivity index (χ3n) is 2.52. The summed E-state index contributed by atoms with van der Waals surface area (Å²) in [6.07, 6.45) is -0.436. The van der Waals surface area contributed by atoms with E-state index in [1.54, 1.807) is 19.2 Å². The molecule has 0 aliphatic carbocycles. The average molecular weight is 321 g/mol. The zero-order valence-electron chi connectivity index (χ0n) is 10.4. The lowest BCUT2D eigenvalue weighted by atomic mass is 10.2. The first-order valence-corrected chi connectivity index (χ1v) is 6.53. The van der Waals surface area contributed by atoms with Crippen LogP contribution in [0.25, 0.3) is 0 Å². The first kappa shape index (κ1) is 13.5. The maximum absolute atomic E-state index is 11.9. The van der Waals surface area contributed by atoms with E-state index in [2.05, 4.69) is 20.9 Å². The van der Waals surface area contributed by atoms with E-state index in [4.69, 9.17) is 4.74 Å². The van der Waals surface area contributed by atoms with Gasteiger partial charge in [0.15, 0.2) is 0 Å². The highest BCUT2D eigenvalue weighted by Gasteiger charge is 2.13. The SMILES string of the molecule is CN(C(=O)OCc1ccccc1)c1cccc(Br)n1. The molecule has 0 aliphatic rings. The van der Waals surface area contributed by atoms with Gasteiger partial charge in [0.1, 0.15) is 17.0 Å². The molecule has 1 aromatic heterocycles. The molecule has 0 saturated heterocycles. The molecule has 0 fully saturated rings. The van der Waals surface area contributed by atoms with Gasteiger partial charge in [-0.1, -0.05) is 36.4 Å². The number of amides is 1. The summed E-state index contributed by atoms with van der Waals surface area (Å²) in [5, 5.41) is 0. The third kappa shape index (κ3) is 3.79. The zero-order chi connectivity index (χ0) is 13.7. The predicted molar refractivity (Wildman–Crippen MR) is 77.0 cm³/mol. The molecule has 0 spiro atoms. The van der Waals surface area contributed by atoms with Crippen LogP contribution in [0, 0.1) is 0 Å². The lowest BCUT2D eigenvalue weighted by Gasteiger charge is -2.16. The number of ether oxygens (including phenoxy) is 1. The van der Waals surface area contributed by atoms with Gasteiger partial charge in [-0.3, -0.25) is 4.90 Å². The predicted octanol–water partition coefficient (Wildman–Crippen LogP) is 3.62. The minimum atomic E-state index is -0.436. The van der Waals surface area contributed by atoms with Crippen molar-refractivity contribution in [2.24, 2.45) is 0 Å². The Morgan fingerprint density at radius 1 is 1.21 bits per heavy atom. The van der Waals surface area contributed by atoms with Crippen molar-refractivity contribution in [1.29, 1.82) is 0 Å². The molecule has 1 aromatic carbocycles. The minimum absolute atomic E-state index is 0.248. The van der Waals surface area contributed by atoms with Crippen molar-refractivity contribution in [3.8, 4) is 0 Å². The van der Waals surface area contributed by atoms with Gasteiger partial charge in [0.2, 0.25) is 0 Å². The lowest BCUT2D eigenvalue weighted by molar-refractivity contribution is 0.148. The molecule has 4 nitrogen and oxygen atoms in total. The summed E-state index contributed by atoms with van der Waals surface area (Å²) in [6.45, 7) is 0.248. The smallest absolute Gasteiger partial charge is 0.415 e. The van der Waals surface area contributed by atoms with Crippen LogP contribution in [0.5, 0.6) is 0 Å². The largest absolute Gasteiger partial charge is 0.444 e. The number of rotatable bonds is 3. The molecule has 0 N–H and O–H groups in total. The van der Waals surface area contributed by atoms with Crippen LogP contribution < -0.4 is 4.90 Å². The maximum Gasteiger partial charge on any atom is 0.415 e. The topological polar surface area (TPSA) is 42.4 Å². The Bertz CT molecular complexity index is 560. The first-order valence-electron chi connectivity index (χ1n) is 5.74. The van der Waals surface area contributed by atoms with Crippen LogP contribution in [0.15, 0.2) is 53.1 Å². The van der Waals surface area contributed by atoms with Crippen LogP contribution in [-0.2, 0) is 11.3 Å². The van der Waals surface area contributed by atoms with Gasteiger partial charge in [-0.25, -0.2) is 9.78 Å². The fourth-order valence-electron chi connectivity index (χ4n) is 1.49. The normalized spacial score (nSPS) is 10.0. The average Bonchev–Trinajstić information content (AvgIpc) is 2.45. The van der Waals surface area contributed by atoms with Crippen molar-refractivity contribution in [2.75, 3.05) is 11.9 Å².